The molecule has 0 radical (unpaired) electrons. The third-order valence-electron chi connectivity index (χ3n) is 4.33. The third-order valence-corrected chi connectivity index (χ3v) is 5.95. The van der Waals surface area contributed by atoms with Crippen molar-refractivity contribution in [3.05, 3.63) is 100 Å². The van der Waals surface area contributed by atoms with Gasteiger partial charge < -0.3 is 0 Å². The molecule has 3 nitrogen and oxygen atoms in total. The minimum Gasteiger partial charge on any atom is -0.280 e. The first-order valence-electron chi connectivity index (χ1n) is 8.94. The lowest BCUT2D eigenvalue weighted by Crippen LogP contribution is -2.28. The Morgan fingerprint density at radius 2 is 1.76 bits per heavy atom. The van der Waals surface area contributed by atoms with Crippen molar-refractivity contribution < 1.29 is 4.79 Å². The van der Waals surface area contributed by atoms with E-state index in [-0.39, 0.29) is 5.91 Å². The topological polar surface area (TPSA) is 33.2 Å². The van der Waals surface area contributed by atoms with Crippen molar-refractivity contribution >= 4 is 61.9 Å². The fraction of sp³-hybridized carbons (Fsp3) is 0.0435. The number of fused-ring (bicyclic) bond motifs is 1. The lowest BCUT2D eigenvalue weighted by Gasteiger charge is -2.18. The molecule has 1 aromatic heterocycles. The van der Waals surface area contributed by atoms with Crippen LogP contribution >= 0.6 is 34.5 Å². The Kier molecular flexibility index (Phi) is 5.95. The van der Waals surface area contributed by atoms with Gasteiger partial charge >= 0.3 is 0 Å². The second kappa shape index (κ2) is 8.78. The average molecular weight is 439 g/mol. The summed E-state index contributed by atoms with van der Waals surface area (Å²) in [7, 11) is 0. The maximum Gasteiger partial charge on any atom is 0.253 e. The lowest BCUT2D eigenvalue weighted by atomic mass is 10.2. The predicted molar refractivity (Wildman–Crippen MR) is 123 cm³/mol. The van der Waals surface area contributed by atoms with Gasteiger partial charge in [-0.2, -0.15) is 0 Å². The number of benzene rings is 3. The third kappa shape index (κ3) is 4.67. The van der Waals surface area contributed by atoms with Crippen LogP contribution in [0.4, 0.5) is 5.13 Å². The van der Waals surface area contributed by atoms with Crippen LogP contribution in [0.2, 0.25) is 10.0 Å². The fourth-order valence-corrected chi connectivity index (χ4v) is 4.31. The van der Waals surface area contributed by atoms with Crippen molar-refractivity contribution in [3.63, 3.8) is 0 Å². The normalized spacial score (nSPS) is 11.2. The monoisotopic (exact) mass is 438 g/mol. The predicted octanol–water partition coefficient (Wildman–Crippen LogP) is 6.85. The minimum atomic E-state index is -0.168. The quantitative estimate of drug-likeness (QED) is 0.319. The van der Waals surface area contributed by atoms with Gasteiger partial charge in [0.15, 0.2) is 5.13 Å². The Morgan fingerprint density at radius 1 is 1.00 bits per heavy atom. The number of aromatic nitrogens is 1. The van der Waals surface area contributed by atoms with Crippen molar-refractivity contribution in [1.82, 2.24) is 4.98 Å². The second-order valence-electron chi connectivity index (χ2n) is 6.37. The molecule has 0 bridgehead atoms. The number of nitrogens with zero attached hydrogens (tertiary/aromatic N) is 2. The van der Waals surface area contributed by atoms with E-state index in [1.165, 1.54) is 17.4 Å². The van der Waals surface area contributed by atoms with Crippen LogP contribution in [0.5, 0.6) is 0 Å². The summed E-state index contributed by atoms with van der Waals surface area (Å²) in [5.41, 5.74) is 2.62. The molecule has 0 aliphatic rings. The number of hydrogen-bond donors (Lipinski definition) is 0. The molecule has 1 heterocycles. The second-order valence-corrected chi connectivity index (χ2v) is 8.23. The zero-order valence-corrected chi connectivity index (χ0v) is 17.6. The van der Waals surface area contributed by atoms with Crippen LogP contribution in [0, 0.1) is 0 Å². The van der Waals surface area contributed by atoms with E-state index >= 15 is 0 Å². The number of rotatable bonds is 5. The maximum absolute atomic E-state index is 13.1. The summed E-state index contributed by atoms with van der Waals surface area (Å²) in [6.45, 7) is 0.417. The molecule has 29 heavy (non-hydrogen) atoms. The summed E-state index contributed by atoms with van der Waals surface area (Å²) in [6, 6.07) is 22.8. The molecule has 3 aromatic carbocycles. The van der Waals surface area contributed by atoms with Gasteiger partial charge in [0.25, 0.3) is 5.91 Å². The van der Waals surface area contributed by atoms with Crippen molar-refractivity contribution in [1.29, 1.82) is 0 Å². The molecule has 0 unspecified atom stereocenters. The molecule has 0 aliphatic heterocycles. The summed E-state index contributed by atoms with van der Waals surface area (Å²) < 4.78 is 0.938. The largest absolute Gasteiger partial charge is 0.280 e. The highest BCUT2D eigenvalue weighted by Crippen LogP contribution is 2.32. The van der Waals surface area contributed by atoms with Crippen LogP contribution in [0.25, 0.3) is 16.3 Å². The summed E-state index contributed by atoms with van der Waals surface area (Å²) in [5.74, 6) is -0.168. The van der Waals surface area contributed by atoms with E-state index < -0.39 is 0 Å². The molecular formula is C23H16Cl2N2OS. The van der Waals surface area contributed by atoms with Gasteiger partial charge in [0.2, 0.25) is 0 Å². The van der Waals surface area contributed by atoms with Gasteiger partial charge in [-0.25, -0.2) is 4.98 Å². The van der Waals surface area contributed by atoms with E-state index in [0.717, 1.165) is 21.3 Å². The Balaban J connectivity index is 1.69. The van der Waals surface area contributed by atoms with Gasteiger partial charge in [-0.05, 0) is 41.5 Å². The van der Waals surface area contributed by atoms with Crippen molar-refractivity contribution in [3.8, 4) is 0 Å². The molecule has 6 heteroatoms. The van der Waals surface area contributed by atoms with Crippen molar-refractivity contribution in [2.75, 3.05) is 4.90 Å². The highest BCUT2D eigenvalue weighted by atomic mass is 35.5. The van der Waals surface area contributed by atoms with Gasteiger partial charge in [0.05, 0.1) is 16.8 Å². The van der Waals surface area contributed by atoms with Gasteiger partial charge in [0.1, 0.15) is 0 Å². The highest BCUT2D eigenvalue weighted by Gasteiger charge is 2.18. The molecule has 0 aliphatic carbocycles. The summed E-state index contributed by atoms with van der Waals surface area (Å²) in [4.78, 5) is 19.4. The maximum atomic E-state index is 13.1. The van der Waals surface area contributed by atoms with Crippen LogP contribution in [-0.2, 0) is 11.3 Å². The summed E-state index contributed by atoms with van der Waals surface area (Å²) in [5, 5.41) is 1.87. The Morgan fingerprint density at radius 3 is 2.55 bits per heavy atom. The Hall–Kier alpha value is -2.66. The van der Waals surface area contributed by atoms with Gasteiger partial charge in [0, 0.05) is 16.1 Å². The molecule has 0 spiro atoms. The number of hydrogen-bond acceptors (Lipinski definition) is 3. The Bertz CT molecular complexity index is 1190. The van der Waals surface area contributed by atoms with Gasteiger partial charge in [-0.1, -0.05) is 83.1 Å². The van der Waals surface area contributed by atoms with Gasteiger partial charge in [-0.15, -0.1) is 0 Å². The molecule has 0 atom stereocenters. The lowest BCUT2D eigenvalue weighted by molar-refractivity contribution is -0.114. The van der Waals surface area contributed by atoms with Crippen LogP contribution < -0.4 is 4.90 Å². The first kappa shape index (κ1) is 19.6. The highest BCUT2D eigenvalue weighted by molar-refractivity contribution is 7.22. The molecular weight excluding hydrogens is 423 g/mol. The molecule has 1 amide bonds. The van der Waals surface area contributed by atoms with Crippen LogP contribution in [0.15, 0.2) is 78.9 Å². The van der Waals surface area contributed by atoms with Crippen LogP contribution in [0.1, 0.15) is 11.1 Å². The standard InChI is InChI=1S/C23H16Cl2N2OS/c24-18-11-12-20-21(14-18)29-23(26-20)27(15-16-6-2-1-3-7-16)22(28)13-10-17-8-4-5-9-19(17)25/h1-14H,15H2/b13-10+. The molecule has 0 fully saturated rings. The number of anilines is 1. The number of carbonyl (C=O) groups excluding carboxylic acids is 1. The fourth-order valence-electron chi connectivity index (χ4n) is 2.87. The molecule has 4 rings (SSSR count). The number of amides is 1. The molecule has 4 aromatic rings. The molecule has 0 N–H and O–H groups in total. The first-order chi connectivity index (χ1) is 14.1. The van der Waals surface area contributed by atoms with E-state index in [9.17, 15) is 4.79 Å². The van der Waals surface area contributed by atoms with E-state index in [4.69, 9.17) is 23.2 Å². The van der Waals surface area contributed by atoms with E-state index in [1.54, 1.807) is 23.1 Å². The van der Waals surface area contributed by atoms with E-state index in [2.05, 4.69) is 4.98 Å². The zero-order valence-electron chi connectivity index (χ0n) is 15.3. The SMILES string of the molecule is O=C(/C=C/c1ccccc1Cl)N(Cc1ccccc1)c1nc2ccc(Cl)cc2s1. The van der Waals surface area contributed by atoms with Crippen molar-refractivity contribution in [2.24, 2.45) is 0 Å². The summed E-state index contributed by atoms with van der Waals surface area (Å²) in [6.07, 6.45) is 3.26. The smallest absolute Gasteiger partial charge is 0.253 e. The molecule has 144 valence electrons. The zero-order chi connectivity index (χ0) is 20.2. The van der Waals surface area contributed by atoms with Gasteiger partial charge in [-0.3, -0.25) is 9.69 Å². The average Bonchev–Trinajstić information content (AvgIpc) is 3.14. The van der Waals surface area contributed by atoms with Crippen LogP contribution in [0.3, 0.4) is 0 Å². The van der Waals surface area contributed by atoms with Crippen LogP contribution in [-0.4, -0.2) is 10.9 Å². The van der Waals surface area contributed by atoms with Crippen molar-refractivity contribution in [2.45, 2.75) is 6.54 Å². The Labute approximate surface area is 182 Å². The van der Waals surface area contributed by atoms with E-state index in [1.807, 2.05) is 60.7 Å². The van der Waals surface area contributed by atoms with E-state index in [0.29, 0.717) is 21.7 Å². The minimum absolute atomic E-state index is 0.168. The number of carbonyl (C=O) groups is 1. The number of halogens is 2. The molecule has 0 saturated carbocycles. The molecule has 0 saturated heterocycles. The number of thiazole rings is 1. The first-order valence-corrected chi connectivity index (χ1v) is 10.5. The summed E-state index contributed by atoms with van der Waals surface area (Å²) >= 11 is 13.8.